The molecule has 7 heteroatoms. The smallest absolute Gasteiger partial charge is 0.408 e. The Bertz CT molecular complexity index is 586. The number of amides is 1. The van der Waals surface area contributed by atoms with Crippen LogP contribution in [0.2, 0.25) is 0 Å². The Morgan fingerprint density at radius 3 is 2.67 bits per heavy atom. The Kier molecular flexibility index (Phi) is 5.28. The number of carboxylic acid groups (broad SMARTS) is 1. The van der Waals surface area contributed by atoms with Gasteiger partial charge in [-0.2, -0.15) is 0 Å². The zero-order chi connectivity index (χ0) is 15.1. The Morgan fingerprint density at radius 1 is 1.29 bits per heavy atom. The first kappa shape index (κ1) is 15.0. The van der Waals surface area contributed by atoms with Crippen LogP contribution in [0.1, 0.15) is 10.4 Å². The molecule has 2 aromatic rings. The molecule has 1 unspecified atom stereocenters. The van der Waals surface area contributed by atoms with Gasteiger partial charge in [0.05, 0.1) is 0 Å². The maximum absolute atomic E-state index is 11.7. The van der Waals surface area contributed by atoms with E-state index in [0.717, 1.165) is 10.4 Å². The van der Waals surface area contributed by atoms with Crippen molar-refractivity contribution in [2.24, 2.45) is 0 Å². The molecule has 0 saturated heterocycles. The van der Waals surface area contributed by atoms with Crippen molar-refractivity contribution in [1.82, 2.24) is 9.69 Å². The van der Waals surface area contributed by atoms with Crippen LogP contribution in [0.4, 0.5) is 4.79 Å². The molecule has 110 valence electrons. The van der Waals surface area contributed by atoms with Gasteiger partial charge in [-0.05, 0) is 23.2 Å². The lowest BCUT2D eigenvalue weighted by Crippen LogP contribution is -2.42. The van der Waals surface area contributed by atoms with E-state index in [4.69, 9.17) is 9.84 Å². The summed E-state index contributed by atoms with van der Waals surface area (Å²) in [5.41, 5.74) is 0.835. The first-order chi connectivity index (χ1) is 10.1. The standard InChI is InChI=1S/C14H14N2O4S/c17-13(18)12(8-11-6-7-15-21-11)16-14(19)20-9-10-4-2-1-3-5-10/h1-7,12H,8-9H2,(H,16,19)(H,17,18). The summed E-state index contributed by atoms with van der Waals surface area (Å²) in [6, 6.07) is 9.85. The fraction of sp³-hybridized carbons (Fsp3) is 0.214. The van der Waals surface area contributed by atoms with Crippen LogP contribution >= 0.6 is 11.5 Å². The minimum Gasteiger partial charge on any atom is -0.480 e. The lowest BCUT2D eigenvalue weighted by Gasteiger charge is -2.13. The van der Waals surface area contributed by atoms with Gasteiger partial charge in [-0.1, -0.05) is 30.3 Å². The van der Waals surface area contributed by atoms with Crippen molar-refractivity contribution < 1.29 is 19.4 Å². The molecule has 0 radical (unpaired) electrons. The van der Waals surface area contributed by atoms with Gasteiger partial charge >= 0.3 is 12.1 Å². The highest BCUT2D eigenvalue weighted by atomic mass is 32.1. The lowest BCUT2D eigenvalue weighted by molar-refractivity contribution is -0.139. The molecule has 0 aliphatic rings. The van der Waals surface area contributed by atoms with Gasteiger partial charge < -0.3 is 15.2 Å². The van der Waals surface area contributed by atoms with Crippen molar-refractivity contribution in [1.29, 1.82) is 0 Å². The average molecular weight is 306 g/mol. The van der Waals surface area contributed by atoms with Crippen LogP contribution in [-0.2, 0) is 22.6 Å². The fourth-order valence-electron chi connectivity index (χ4n) is 1.66. The Hall–Kier alpha value is -2.41. The Morgan fingerprint density at radius 2 is 2.05 bits per heavy atom. The molecule has 1 amide bonds. The van der Waals surface area contributed by atoms with Crippen LogP contribution in [-0.4, -0.2) is 27.6 Å². The van der Waals surface area contributed by atoms with Gasteiger partial charge in [-0.3, -0.25) is 0 Å². The highest BCUT2D eigenvalue weighted by molar-refractivity contribution is 7.05. The molecule has 1 aromatic heterocycles. The Balaban J connectivity index is 1.85. The quantitative estimate of drug-likeness (QED) is 0.853. The number of alkyl carbamates (subject to hydrolysis) is 1. The number of hydrogen-bond donors (Lipinski definition) is 2. The monoisotopic (exact) mass is 306 g/mol. The summed E-state index contributed by atoms with van der Waals surface area (Å²) in [6.07, 6.45) is 1.02. The second kappa shape index (κ2) is 7.39. The molecule has 0 fully saturated rings. The van der Waals surface area contributed by atoms with E-state index >= 15 is 0 Å². The molecule has 0 aliphatic carbocycles. The number of ether oxygens (including phenoxy) is 1. The first-order valence-electron chi connectivity index (χ1n) is 6.24. The molecule has 1 aromatic carbocycles. The molecule has 2 N–H and O–H groups in total. The summed E-state index contributed by atoms with van der Waals surface area (Å²) in [5, 5.41) is 11.5. The van der Waals surface area contributed by atoms with E-state index in [2.05, 4.69) is 9.69 Å². The van der Waals surface area contributed by atoms with Gasteiger partial charge in [-0.15, -0.1) is 0 Å². The predicted octanol–water partition coefficient (Wildman–Crippen LogP) is 2.07. The highest BCUT2D eigenvalue weighted by Gasteiger charge is 2.21. The van der Waals surface area contributed by atoms with Crippen LogP contribution in [0.5, 0.6) is 0 Å². The molecule has 1 atom stereocenters. The molecule has 21 heavy (non-hydrogen) atoms. The van der Waals surface area contributed by atoms with Crippen molar-refractivity contribution in [2.75, 3.05) is 0 Å². The largest absolute Gasteiger partial charge is 0.480 e. The SMILES string of the molecule is O=C(NC(Cc1ccns1)C(=O)O)OCc1ccccc1. The van der Waals surface area contributed by atoms with Gasteiger partial charge in [0.1, 0.15) is 12.6 Å². The van der Waals surface area contributed by atoms with Crippen molar-refractivity contribution in [3.8, 4) is 0 Å². The van der Waals surface area contributed by atoms with Crippen molar-refractivity contribution in [3.05, 3.63) is 53.0 Å². The summed E-state index contributed by atoms with van der Waals surface area (Å²) in [4.78, 5) is 23.6. The first-order valence-corrected chi connectivity index (χ1v) is 7.02. The molecule has 0 bridgehead atoms. The maximum Gasteiger partial charge on any atom is 0.408 e. The van der Waals surface area contributed by atoms with Gasteiger partial charge in [-0.25, -0.2) is 14.0 Å². The number of nitrogens with one attached hydrogen (secondary N) is 1. The van der Waals surface area contributed by atoms with Crippen LogP contribution in [0.3, 0.4) is 0 Å². The molecule has 0 saturated carbocycles. The van der Waals surface area contributed by atoms with Gasteiger partial charge in [0, 0.05) is 17.5 Å². The Labute approximate surface area is 125 Å². The van der Waals surface area contributed by atoms with Crippen LogP contribution in [0, 0.1) is 0 Å². The van der Waals surface area contributed by atoms with Gasteiger partial charge in [0.25, 0.3) is 0 Å². The number of carboxylic acids is 1. The summed E-state index contributed by atoms with van der Waals surface area (Å²) in [5.74, 6) is -1.11. The van der Waals surface area contributed by atoms with Crippen LogP contribution < -0.4 is 5.32 Å². The summed E-state index contributed by atoms with van der Waals surface area (Å²) < 4.78 is 8.90. The summed E-state index contributed by atoms with van der Waals surface area (Å²) >= 11 is 1.20. The number of aliphatic carboxylic acids is 1. The van der Waals surface area contributed by atoms with Gasteiger partial charge in [0.15, 0.2) is 0 Å². The summed E-state index contributed by atoms with van der Waals surface area (Å²) in [6.45, 7) is 0.0968. The average Bonchev–Trinajstić information content (AvgIpc) is 2.98. The van der Waals surface area contributed by atoms with E-state index in [1.54, 1.807) is 12.3 Å². The number of hydrogen-bond acceptors (Lipinski definition) is 5. The molecule has 6 nitrogen and oxygen atoms in total. The molecule has 2 rings (SSSR count). The second-order valence-electron chi connectivity index (χ2n) is 4.28. The van der Waals surface area contributed by atoms with Crippen molar-refractivity contribution in [2.45, 2.75) is 19.1 Å². The minimum absolute atomic E-state index is 0.0968. The zero-order valence-electron chi connectivity index (χ0n) is 11.1. The van der Waals surface area contributed by atoms with Gasteiger partial charge in [0.2, 0.25) is 0 Å². The number of carbonyl (C=O) groups excluding carboxylic acids is 1. The molecule has 1 heterocycles. The van der Waals surface area contributed by atoms with E-state index in [1.807, 2.05) is 30.3 Å². The molecule has 0 aliphatic heterocycles. The number of nitrogens with zero attached hydrogens (tertiary/aromatic N) is 1. The number of carbonyl (C=O) groups is 2. The topological polar surface area (TPSA) is 88.5 Å². The molecule has 0 spiro atoms. The maximum atomic E-state index is 11.7. The third-order valence-electron chi connectivity index (χ3n) is 2.70. The normalized spacial score (nSPS) is 11.6. The van der Waals surface area contributed by atoms with E-state index in [9.17, 15) is 9.59 Å². The third-order valence-corrected chi connectivity index (χ3v) is 3.46. The van der Waals surface area contributed by atoms with Crippen molar-refractivity contribution in [3.63, 3.8) is 0 Å². The number of benzene rings is 1. The van der Waals surface area contributed by atoms with Crippen LogP contribution in [0.15, 0.2) is 42.6 Å². The van der Waals surface area contributed by atoms with E-state index in [-0.39, 0.29) is 13.0 Å². The highest BCUT2D eigenvalue weighted by Crippen LogP contribution is 2.08. The van der Waals surface area contributed by atoms with E-state index in [1.165, 1.54) is 11.5 Å². The summed E-state index contributed by atoms with van der Waals surface area (Å²) in [7, 11) is 0. The van der Waals surface area contributed by atoms with E-state index in [0.29, 0.717) is 0 Å². The fourth-order valence-corrected chi connectivity index (χ4v) is 2.28. The molecular formula is C14H14N2O4S. The zero-order valence-corrected chi connectivity index (χ0v) is 11.9. The lowest BCUT2D eigenvalue weighted by atomic mass is 10.2. The van der Waals surface area contributed by atoms with Crippen LogP contribution in [0.25, 0.3) is 0 Å². The number of aromatic nitrogens is 1. The number of rotatable bonds is 6. The predicted molar refractivity (Wildman–Crippen MR) is 77.0 cm³/mol. The molecular weight excluding hydrogens is 292 g/mol. The van der Waals surface area contributed by atoms with E-state index < -0.39 is 18.1 Å². The third kappa shape index (κ3) is 4.88. The van der Waals surface area contributed by atoms with Crippen molar-refractivity contribution >= 4 is 23.6 Å². The minimum atomic E-state index is -1.11. The second-order valence-corrected chi connectivity index (χ2v) is 5.20.